The Morgan fingerprint density at radius 2 is 1.56 bits per heavy atom. The van der Waals surface area contributed by atoms with Crippen molar-refractivity contribution in [3.63, 3.8) is 0 Å². The largest absolute Gasteiger partial charge is 0.462 e. The van der Waals surface area contributed by atoms with Gasteiger partial charge in [-0.05, 0) is 35.7 Å². The van der Waals surface area contributed by atoms with E-state index in [-0.39, 0.29) is 12.0 Å². The molecule has 3 N–H and O–H groups in total. The first-order chi connectivity index (χ1) is 13.2. The second-order valence-electron chi connectivity index (χ2n) is 6.34. The van der Waals surface area contributed by atoms with E-state index < -0.39 is 0 Å². The summed E-state index contributed by atoms with van der Waals surface area (Å²) in [5.74, 6) is -0.369. The van der Waals surface area contributed by atoms with Gasteiger partial charge in [-0.2, -0.15) is 0 Å². The van der Waals surface area contributed by atoms with E-state index in [1.165, 1.54) is 0 Å². The topological polar surface area (TPSA) is 64.3 Å². The second kappa shape index (κ2) is 8.90. The SMILES string of the molecule is CCCOC(=O)c1cc(N)ccc1NC(c1ccccc1)c1ccccc1. The van der Waals surface area contributed by atoms with E-state index in [2.05, 4.69) is 29.6 Å². The summed E-state index contributed by atoms with van der Waals surface area (Å²) in [6.45, 7) is 2.35. The molecule has 4 heteroatoms. The third-order valence-corrected chi connectivity index (χ3v) is 4.27. The van der Waals surface area contributed by atoms with Gasteiger partial charge in [0.15, 0.2) is 0 Å². The van der Waals surface area contributed by atoms with Gasteiger partial charge in [-0.25, -0.2) is 4.79 Å². The molecule has 0 aliphatic heterocycles. The van der Waals surface area contributed by atoms with Gasteiger partial charge < -0.3 is 15.8 Å². The molecular weight excluding hydrogens is 336 g/mol. The summed E-state index contributed by atoms with van der Waals surface area (Å²) in [6, 6.07) is 25.4. The highest BCUT2D eigenvalue weighted by atomic mass is 16.5. The number of nitrogens with one attached hydrogen (secondary N) is 1. The number of rotatable bonds is 7. The second-order valence-corrected chi connectivity index (χ2v) is 6.34. The van der Waals surface area contributed by atoms with Crippen molar-refractivity contribution in [3.05, 3.63) is 95.6 Å². The molecule has 4 nitrogen and oxygen atoms in total. The lowest BCUT2D eigenvalue weighted by atomic mass is 9.98. The van der Waals surface area contributed by atoms with E-state index in [0.29, 0.717) is 23.5 Å². The van der Waals surface area contributed by atoms with Gasteiger partial charge in [-0.15, -0.1) is 0 Å². The van der Waals surface area contributed by atoms with Crippen molar-refractivity contribution in [3.8, 4) is 0 Å². The lowest BCUT2D eigenvalue weighted by molar-refractivity contribution is 0.0506. The molecule has 0 aliphatic carbocycles. The average molecular weight is 360 g/mol. The number of nitrogen functional groups attached to an aromatic ring is 1. The van der Waals surface area contributed by atoms with Crippen LogP contribution in [0.4, 0.5) is 11.4 Å². The van der Waals surface area contributed by atoms with E-state index in [1.807, 2.05) is 49.4 Å². The van der Waals surface area contributed by atoms with E-state index in [4.69, 9.17) is 10.5 Å². The van der Waals surface area contributed by atoms with Crippen LogP contribution in [-0.4, -0.2) is 12.6 Å². The summed E-state index contributed by atoms with van der Waals surface area (Å²) in [6.07, 6.45) is 0.771. The molecule has 0 atom stereocenters. The van der Waals surface area contributed by atoms with Crippen molar-refractivity contribution in [1.29, 1.82) is 0 Å². The zero-order valence-corrected chi connectivity index (χ0v) is 15.4. The number of hydrogen-bond donors (Lipinski definition) is 2. The highest BCUT2D eigenvalue weighted by molar-refractivity contribution is 5.96. The Hall–Kier alpha value is -3.27. The number of esters is 1. The minimum Gasteiger partial charge on any atom is -0.462 e. The minimum atomic E-state index is -0.369. The minimum absolute atomic E-state index is 0.103. The normalized spacial score (nSPS) is 10.6. The van der Waals surface area contributed by atoms with Crippen LogP contribution in [0.2, 0.25) is 0 Å². The summed E-state index contributed by atoms with van der Waals surface area (Å²) in [4.78, 5) is 12.5. The molecule has 0 fully saturated rings. The molecule has 0 unspecified atom stereocenters. The molecule has 0 aliphatic rings. The molecule has 0 bridgehead atoms. The van der Waals surface area contributed by atoms with Crippen molar-refractivity contribution >= 4 is 17.3 Å². The zero-order chi connectivity index (χ0) is 19.1. The Bertz CT molecular complexity index is 840. The predicted octanol–water partition coefficient (Wildman–Crippen LogP) is 5.04. The van der Waals surface area contributed by atoms with Gasteiger partial charge in [-0.3, -0.25) is 0 Å². The van der Waals surface area contributed by atoms with Crippen molar-refractivity contribution in [2.75, 3.05) is 17.7 Å². The van der Waals surface area contributed by atoms with Crippen LogP contribution in [0.15, 0.2) is 78.9 Å². The highest BCUT2D eigenvalue weighted by Gasteiger charge is 2.19. The van der Waals surface area contributed by atoms with Crippen molar-refractivity contribution in [1.82, 2.24) is 0 Å². The Morgan fingerprint density at radius 1 is 0.963 bits per heavy atom. The Kier molecular flexibility index (Phi) is 6.10. The molecule has 27 heavy (non-hydrogen) atoms. The maximum Gasteiger partial charge on any atom is 0.340 e. The third kappa shape index (κ3) is 4.67. The number of carbonyl (C=O) groups is 1. The fourth-order valence-electron chi connectivity index (χ4n) is 2.93. The van der Waals surface area contributed by atoms with Crippen LogP contribution in [-0.2, 0) is 4.74 Å². The number of hydrogen-bond acceptors (Lipinski definition) is 4. The van der Waals surface area contributed by atoms with E-state index in [0.717, 1.165) is 17.5 Å². The Morgan fingerprint density at radius 3 is 2.11 bits per heavy atom. The van der Waals surface area contributed by atoms with E-state index >= 15 is 0 Å². The zero-order valence-electron chi connectivity index (χ0n) is 15.4. The summed E-state index contributed by atoms with van der Waals surface area (Å²) in [5, 5.41) is 3.51. The van der Waals surface area contributed by atoms with Gasteiger partial charge in [0.25, 0.3) is 0 Å². The van der Waals surface area contributed by atoms with Crippen LogP contribution in [0.3, 0.4) is 0 Å². The van der Waals surface area contributed by atoms with Gasteiger partial charge >= 0.3 is 5.97 Å². The van der Waals surface area contributed by atoms with Crippen LogP contribution in [0.1, 0.15) is 40.9 Å². The smallest absolute Gasteiger partial charge is 0.340 e. The molecular formula is C23H24N2O2. The standard InChI is InChI=1S/C23H24N2O2/c1-2-15-27-23(26)20-16-19(24)13-14-21(20)25-22(17-9-5-3-6-10-17)18-11-7-4-8-12-18/h3-14,16,22,25H,2,15,24H2,1H3. The van der Waals surface area contributed by atoms with Gasteiger partial charge in [0.2, 0.25) is 0 Å². The van der Waals surface area contributed by atoms with Gasteiger partial charge in [0.1, 0.15) is 0 Å². The monoisotopic (exact) mass is 360 g/mol. The van der Waals surface area contributed by atoms with E-state index in [9.17, 15) is 4.79 Å². The number of nitrogens with two attached hydrogens (primary N) is 1. The van der Waals surface area contributed by atoms with Crippen molar-refractivity contribution in [2.24, 2.45) is 0 Å². The molecule has 3 aromatic rings. The summed E-state index contributed by atoms with van der Waals surface area (Å²) in [5.41, 5.74) is 9.79. The fourth-order valence-corrected chi connectivity index (χ4v) is 2.93. The average Bonchev–Trinajstić information content (AvgIpc) is 2.72. The molecule has 0 heterocycles. The molecule has 0 amide bonds. The molecule has 0 saturated heterocycles. The highest BCUT2D eigenvalue weighted by Crippen LogP contribution is 2.29. The lowest BCUT2D eigenvalue weighted by Gasteiger charge is -2.23. The van der Waals surface area contributed by atoms with Gasteiger partial charge in [0, 0.05) is 11.4 Å². The molecule has 0 saturated carbocycles. The Labute approximate surface area is 160 Å². The molecule has 138 valence electrons. The summed E-state index contributed by atoms with van der Waals surface area (Å²) >= 11 is 0. The molecule has 3 rings (SSSR count). The summed E-state index contributed by atoms with van der Waals surface area (Å²) in [7, 11) is 0. The number of ether oxygens (including phenoxy) is 1. The first-order valence-corrected chi connectivity index (χ1v) is 9.12. The molecule has 0 aromatic heterocycles. The van der Waals surface area contributed by atoms with Crippen LogP contribution in [0.25, 0.3) is 0 Å². The lowest BCUT2D eigenvalue weighted by Crippen LogP contribution is -2.16. The quantitative estimate of drug-likeness (QED) is 0.458. The maximum atomic E-state index is 12.5. The van der Waals surface area contributed by atoms with Crippen LogP contribution in [0, 0.1) is 0 Å². The van der Waals surface area contributed by atoms with Crippen molar-refractivity contribution < 1.29 is 9.53 Å². The third-order valence-electron chi connectivity index (χ3n) is 4.27. The number of carbonyl (C=O) groups excluding carboxylic acids is 1. The molecule has 3 aromatic carbocycles. The summed E-state index contributed by atoms with van der Waals surface area (Å²) < 4.78 is 5.33. The Balaban J connectivity index is 1.98. The van der Waals surface area contributed by atoms with Gasteiger partial charge in [-0.1, -0.05) is 67.6 Å². The number of anilines is 2. The maximum absolute atomic E-state index is 12.5. The van der Waals surface area contributed by atoms with Crippen LogP contribution >= 0.6 is 0 Å². The fraction of sp³-hybridized carbons (Fsp3) is 0.174. The van der Waals surface area contributed by atoms with Crippen LogP contribution < -0.4 is 11.1 Å². The van der Waals surface area contributed by atoms with E-state index in [1.54, 1.807) is 12.1 Å². The molecule has 0 radical (unpaired) electrons. The first-order valence-electron chi connectivity index (χ1n) is 9.12. The van der Waals surface area contributed by atoms with Crippen LogP contribution in [0.5, 0.6) is 0 Å². The number of benzene rings is 3. The van der Waals surface area contributed by atoms with Gasteiger partial charge in [0.05, 0.1) is 18.2 Å². The predicted molar refractivity (Wildman–Crippen MR) is 110 cm³/mol. The first kappa shape index (κ1) is 18.5. The molecule has 0 spiro atoms. The van der Waals surface area contributed by atoms with Crippen molar-refractivity contribution in [2.45, 2.75) is 19.4 Å².